The van der Waals surface area contributed by atoms with Crippen LogP contribution in [0.15, 0.2) is 54.9 Å². The Hall–Kier alpha value is -2.13. The van der Waals surface area contributed by atoms with Gasteiger partial charge in [0.15, 0.2) is 24.4 Å². The molecule has 0 spiro atoms. The van der Waals surface area contributed by atoms with Gasteiger partial charge in [0, 0.05) is 23.4 Å². The number of ketones is 1. The molecule has 0 aliphatic rings. The fourth-order valence-electron chi connectivity index (χ4n) is 1.60. The number of hydrogen-bond donors (Lipinski definition) is 1. The van der Waals surface area contributed by atoms with Gasteiger partial charge in [-0.15, -0.1) is 0 Å². The number of nitrogen functional groups attached to an aromatic ring is 1. The third kappa shape index (κ3) is 4.23. The van der Waals surface area contributed by atoms with E-state index in [0.29, 0.717) is 11.3 Å². The van der Waals surface area contributed by atoms with E-state index >= 15 is 0 Å². The normalized spacial score (nSPS) is 10.2. The van der Waals surface area contributed by atoms with Gasteiger partial charge < -0.3 is 18.1 Å². The van der Waals surface area contributed by atoms with Crippen LogP contribution in [-0.4, -0.2) is 5.78 Å². The van der Waals surface area contributed by atoms with Crippen molar-refractivity contribution in [1.82, 2.24) is 0 Å². The Morgan fingerprint density at radius 2 is 1.89 bits per heavy atom. The SMILES string of the molecule is Cc1cccc(C(=O)C=C[n+]2ccc(N)cc2)c1.[Cl-]. The molecule has 0 aliphatic carbocycles. The molecule has 19 heavy (non-hydrogen) atoms. The third-order valence-electron chi connectivity index (χ3n) is 2.58. The lowest BCUT2D eigenvalue weighted by Gasteiger charge is -1.96. The minimum atomic E-state index is -0.0111. The average molecular weight is 275 g/mol. The number of hydrogen-bond acceptors (Lipinski definition) is 2. The summed E-state index contributed by atoms with van der Waals surface area (Å²) < 4.78 is 1.78. The van der Waals surface area contributed by atoms with Gasteiger partial charge >= 0.3 is 0 Å². The Morgan fingerprint density at radius 1 is 1.21 bits per heavy atom. The molecule has 0 unspecified atom stereocenters. The largest absolute Gasteiger partial charge is 1.00 e. The zero-order valence-corrected chi connectivity index (χ0v) is 11.3. The van der Waals surface area contributed by atoms with Gasteiger partial charge in [0.25, 0.3) is 0 Å². The predicted molar refractivity (Wildman–Crippen MR) is 71.9 cm³/mol. The van der Waals surface area contributed by atoms with Crippen LogP contribution in [0.3, 0.4) is 0 Å². The van der Waals surface area contributed by atoms with Crippen LogP contribution in [0.1, 0.15) is 15.9 Å². The van der Waals surface area contributed by atoms with Gasteiger partial charge in [-0.1, -0.05) is 23.8 Å². The first kappa shape index (κ1) is 14.9. The number of carbonyl (C=O) groups is 1. The molecule has 2 aromatic rings. The lowest BCUT2D eigenvalue weighted by atomic mass is 10.1. The molecule has 1 aromatic heterocycles. The highest BCUT2D eigenvalue weighted by Gasteiger charge is 2.03. The summed E-state index contributed by atoms with van der Waals surface area (Å²) in [5.74, 6) is -0.0111. The zero-order chi connectivity index (χ0) is 13.0. The number of allylic oxidation sites excluding steroid dienone is 1. The second kappa shape index (κ2) is 6.71. The van der Waals surface area contributed by atoms with Crippen LogP contribution in [0.4, 0.5) is 5.69 Å². The van der Waals surface area contributed by atoms with Crippen molar-refractivity contribution in [3.05, 3.63) is 66.0 Å². The van der Waals surface area contributed by atoms with Gasteiger partial charge in [0.1, 0.15) is 0 Å². The molecule has 3 nitrogen and oxygen atoms in total. The molecule has 0 aliphatic heterocycles. The summed E-state index contributed by atoms with van der Waals surface area (Å²) in [6, 6.07) is 11.1. The molecule has 98 valence electrons. The van der Waals surface area contributed by atoms with Gasteiger partial charge in [-0.05, 0) is 13.0 Å². The van der Waals surface area contributed by atoms with Crippen LogP contribution in [-0.2, 0) is 0 Å². The molecule has 0 fully saturated rings. The smallest absolute Gasteiger partial charge is 0.191 e. The van der Waals surface area contributed by atoms with Crippen LogP contribution in [0.2, 0.25) is 0 Å². The van der Waals surface area contributed by atoms with Crippen molar-refractivity contribution in [1.29, 1.82) is 0 Å². The van der Waals surface area contributed by atoms with Gasteiger partial charge in [-0.3, -0.25) is 4.79 Å². The Morgan fingerprint density at radius 3 is 2.53 bits per heavy atom. The molecule has 0 atom stereocenters. The molecule has 4 heteroatoms. The molecule has 2 rings (SSSR count). The number of aryl methyl sites for hydroxylation is 1. The van der Waals surface area contributed by atoms with E-state index in [2.05, 4.69) is 0 Å². The van der Waals surface area contributed by atoms with E-state index < -0.39 is 0 Å². The highest BCUT2D eigenvalue weighted by atomic mass is 35.5. The maximum Gasteiger partial charge on any atom is 0.191 e. The fourth-order valence-corrected chi connectivity index (χ4v) is 1.60. The number of carbonyl (C=O) groups excluding carboxylic acids is 1. The number of nitrogens with two attached hydrogens (primary N) is 1. The van der Waals surface area contributed by atoms with Gasteiger partial charge in [0.2, 0.25) is 0 Å². The molecule has 0 saturated heterocycles. The van der Waals surface area contributed by atoms with Gasteiger partial charge in [-0.2, -0.15) is 4.57 Å². The average Bonchev–Trinajstić information content (AvgIpc) is 2.38. The summed E-state index contributed by atoms with van der Waals surface area (Å²) in [7, 11) is 0. The van der Waals surface area contributed by atoms with E-state index in [4.69, 9.17) is 5.73 Å². The molecule has 1 heterocycles. The first-order valence-electron chi connectivity index (χ1n) is 5.70. The number of anilines is 1. The number of pyridine rings is 1. The number of aromatic nitrogens is 1. The highest BCUT2D eigenvalue weighted by Crippen LogP contribution is 2.05. The van der Waals surface area contributed by atoms with Crippen molar-refractivity contribution in [3.8, 4) is 0 Å². The van der Waals surface area contributed by atoms with Crippen molar-refractivity contribution in [2.45, 2.75) is 6.92 Å². The first-order chi connectivity index (χ1) is 8.65. The fraction of sp³-hybridized carbons (Fsp3) is 0.0667. The summed E-state index contributed by atoms with van der Waals surface area (Å²) in [6.45, 7) is 1.97. The standard InChI is InChI=1S/C15H14N2O.ClH/c1-12-3-2-4-13(11-12)15(18)7-10-17-8-5-14(16)6-9-17;/h2-11,16H,1H3;1H. The van der Waals surface area contributed by atoms with Crippen molar-refractivity contribution in [2.24, 2.45) is 0 Å². The van der Waals surface area contributed by atoms with E-state index in [-0.39, 0.29) is 18.2 Å². The number of benzene rings is 1. The van der Waals surface area contributed by atoms with Crippen molar-refractivity contribution in [2.75, 3.05) is 5.73 Å². The lowest BCUT2D eigenvalue weighted by Crippen LogP contribution is -3.00. The van der Waals surface area contributed by atoms with Crippen LogP contribution in [0.5, 0.6) is 0 Å². The van der Waals surface area contributed by atoms with Crippen molar-refractivity contribution >= 4 is 17.7 Å². The maximum atomic E-state index is 11.9. The van der Waals surface area contributed by atoms with Crippen LogP contribution in [0, 0.1) is 6.92 Å². The predicted octanol–water partition coefficient (Wildman–Crippen LogP) is -0.778. The Balaban J connectivity index is 0.00000180. The summed E-state index contributed by atoms with van der Waals surface area (Å²) in [5, 5.41) is 0. The lowest BCUT2D eigenvalue weighted by molar-refractivity contribution is -0.568. The van der Waals surface area contributed by atoms with Crippen molar-refractivity contribution < 1.29 is 21.8 Å². The number of nitrogens with zero attached hydrogens (tertiary/aromatic N) is 1. The monoisotopic (exact) mass is 274 g/mol. The summed E-state index contributed by atoms with van der Waals surface area (Å²) >= 11 is 0. The topological polar surface area (TPSA) is 47.0 Å². The van der Waals surface area contributed by atoms with Crippen LogP contribution < -0.4 is 22.7 Å². The minimum absolute atomic E-state index is 0. The van der Waals surface area contributed by atoms with Gasteiger partial charge in [0.05, 0.1) is 6.08 Å². The molecule has 0 saturated carbocycles. The zero-order valence-electron chi connectivity index (χ0n) is 10.6. The Labute approximate surface area is 118 Å². The number of rotatable bonds is 3. The summed E-state index contributed by atoms with van der Waals surface area (Å²) in [4.78, 5) is 11.9. The molecular formula is C15H15ClN2O. The summed E-state index contributed by atoms with van der Waals surface area (Å²) in [5.41, 5.74) is 8.06. The molecule has 0 bridgehead atoms. The second-order valence-corrected chi connectivity index (χ2v) is 4.13. The van der Waals surface area contributed by atoms with E-state index in [1.165, 1.54) is 0 Å². The highest BCUT2D eigenvalue weighted by molar-refractivity contribution is 6.05. The molecular weight excluding hydrogens is 260 g/mol. The van der Waals surface area contributed by atoms with E-state index in [1.807, 2.05) is 31.2 Å². The Bertz CT molecular complexity index is 591. The second-order valence-electron chi connectivity index (χ2n) is 4.13. The maximum absolute atomic E-state index is 11.9. The van der Waals surface area contributed by atoms with E-state index in [9.17, 15) is 4.79 Å². The van der Waals surface area contributed by atoms with Crippen LogP contribution >= 0.6 is 0 Å². The first-order valence-corrected chi connectivity index (χ1v) is 5.70. The van der Waals surface area contributed by atoms with E-state index in [1.54, 1.807) is 41.4 Å². The van der Waals surface area contributed by atoms with Crippen LogP contribution in [0.25, 0.3) is 6.20 Å². The molecule has 2 N–H and O–H groups in total. The van der Waals surface area contributed by atoms with Crippen molar-refractivity contribution in [3.63, 3.8) is 0 Å². The number of halogens is 1. The minimum Gasteiger partial charge on any atom is -1.00 e. The molecule has 0 radical (unpaired) electrons. The molecule has 0 amide bonds. The quantitative estimate of drug-likeness (QED) is 0.454. The summed E-state index contributed by atoms with van der Waals surface area (Å²) in [6.07, 6.45) is 6.86. The van der Waals surface area contributed by atoms with Gasteiger partial charge in [-0.25, -0.2) is 0 Å². The molecule has 1 aromatic carbocycles. The van der Waals surface area contributed by atoms with E-state index in [0.717, 1.165) is 5.56 Å². The third-order valence-corrected chi connectivity index (χ3v) is 2.58. The Kier molecular flexibility index (Phi) is 5.27.